The van der Waals surface area contributed by atoms with Gasteiger partial charge in [0.2, 0.25) is 11.8 Å². The van der Waals surface area contributed by atoms with Crippen LogP contribution in [0.4, 0.5) is 5.95 Å². The second kappa shape index (κ2) is 6.60. The maximum atomic E-state index is 10.9. The minimum absolute atomic E-state index is 0.0354. The van der Waals surface area contributed by atoms with Crippen molar-refractivity contribution in [3.8, 4) is 5.88 Å². The Morgan fingerprint density at radius 1 is 1.56 bits per heavy atom. The molecule has 0 aromatic carbocycles. The molecule has 0 radical (unpaired) electrons. The molecule has 0 saturated carbocycles. The summed E-state index contributed by atoms with van der Waals surface area (Å²) in [5.74, 6) is 0.465. The van der Waals surface area contributed by atoms with Crippen LogP contribution >= 0.6 is 0 Å². The molecule has 0 aliphatic rings. The highest BCUT2D eigenvalue weighted by molar-refractivity contribution is 5.73. The Kier molecular flexibility index (Phi) is 5.04. The third-order valence-electron chi connectivity index (χ3n) is 1.70. The van der Waals surface area contributed by atoms with Crippen LogP contribution < -0.4 is 10.1 Å². The molecule has 88 valence electrons. The summed E-state index contributed by atoms with van der Waals surface area (Å²) in [5, 5.41) is 2.74. The molecule has 16 heavy (non-hydrogen) atoms. The molecule has 1 aromatic heterocycles. The minimum atomic E-state index is -0.372. The normalized spacial score (nSPS) is 9.62. The second-order valence-corrected chi connectivity index (χ2v) is 3.00. The molecule has 1 heterocycles. The van der Waals surface area contributed by atoms with Crippen LogP contribution in [0.25, 0.3) is 0 Å². The number of ether oxygens (including phenoxy) is 2. The monoisotopic (exact) mass is 225 g/mol. The third kappa shape index (κ3) is 4.12. The van der Waals surface area contributed by atoms with E-state index in [1.807, 2.05) is 6.92 Å². The molecule has 1 rings (SSSR count). The number of nitrogens with one attached hydrogen (secondary N) is 1. The number of anilines is 1. The van der Waals surface area contributed by atoms with Gasteiger partial charge in [-0.2, -0.15) is 4.98 Å². The van der Waals surface area contributed by atoms with Crippen molar-refractivity contribution in [2.75, 3.05) is 25.6 Å². The highest BCUT2D eigenvalue weighted by Crippen LogP contribution is 2.08. The Morgan fingerprint density at radius 3 is 3.06 bits per heavy atom. The lowest BCUT2D eigenvalue weighted by Gasteiger charge is -2.06. The highest BCUT2D eigenvalue weighted by atomic mass is 16.5. The van der Waals surface area contributed by atoms with Crippen LogP contribution in [0.5, 0.6) is 5.88 Å². The van der Waals surface area contributed by atoms with E-state index in [0.717, 1.165) is 6.42 Å². The van der Waals surface area contributed by atoms with Crippen molar-refractivity contribution in [3.05, 3.63) is 12.3 Å². The van der Waals surface area contributed by atoms with Gasteiger partial charge in [-0.1, -0.05) is 6.92 Å². The van der Waals surface area contributed by atoms with Gasteiger partial charge >= 0.3 is 5.97 Å². The van der Waals surface area contributed by atoms with E-state index in [9.17, 15) is 4.79 Å². The van der Waals surface area contributed by atoms with Crippen LogP contribution in [0.2, 0.25) is 0 Å². The summed E-state index contributed by atoms with van der Waals surface area (Å²) in [7, 11) is 1.33. The van der Waals surface area contributed by atoms with Crippen LogP contribution in [0.1, 0.15) is 13.3 Å². The Balaban J connectivity index is 2.50. The molecule has 0 aliphatic heterocycles. The number of hydrogen-bond acceptors (Lipinski definition) is 6. The number of rotatable bonds is 6. The first kappa shape index (κ1) is 12.2. The first-order valence-corrected chi connectivity index (χ1v) is 5.02. The van der Waals surface area contributed by atoms with Gasteiger partial charge in [-0.3, -0.25) is 4.79 Å². The fourth-order valence-electron chi connectivity index (χ4n) is 0.938. The fraction of sp³-hybridized carbons (Fsp3) is 0.500. The predicted octanol–water partition coefficient (Wildman–Crippen LogP) is 0.850. The number of methoxy groups -OCH3 is 1. The highest BCUT2D eigenvalue weighted by Gasteiger charge is 2.03. The molecule has 6 nitrogen and oxygen atoms in total. The summed E-state index contributed by atoms with van der Waals surface area (Å²) in [6.07, 6.45) is 2.48. The van der Waals surface area contributed by atoms with E-state index in [2.05, 4.69) is 20.0 Å². The number of carbonyl (C=O) groups is 1. The molecule has 1 aromatic rings. The Bertz CT molecular complexity index is 344. The number of nitrogens with zero attached hydrogens (tertiary/aromatic N) is 2. The predicted molar refractivity (Wildman–Crippen MR) is 58.3 cm³/mol. The van der Waals surface area contributed by atoms with E-state index in [1.165, 1.54) is 7.11 Å². The van der Waals surface area contributed by atoms with Gasteiger partial charge in [0.1, 0.15) is 6.54 Å². The van der Waals surface area contributed by atoms with Gasteiger partial charge in [-0.25, -0.2) is 4.98 Å². The van der Waals surface area contributed by atoms with Crippen LogP contribution in [-0.2, 0) is 9.53 Å². The van der Waals surface area contributed by atoms with E-state index in [1.54, 1.807) is 12.3 Å². The van der Waals surface area contributed by atoms with Crippen LogP contribution in [0.15, 0.2) is 12.3 Å². The van der Waals surface area contributed by atoms with E-state index in [-0.39, 0.29) is 12.5 Å². The van der Waals surface area contributed by atoms with Gasteiger partial charge in [0.25, 0.3) is 0 Å². The molecule has 0 atom stereocenters. The summed E-state index contributed by atoms with van der Waals surface area (Å²) >= 11 is 0. The lowest BCUT2D eigenvalue weighted by molar-refractivity contribution is -0.138. The average molecular weight is 225 g/mol. The Morgan fingerprint density at radius 2 is 2.38 bits per heavy atom. The van der Waals surface area contributed by atoms with Gasteiger partial charge in [0, 0.05) is 12.3 Å². The lowest BCUT2D eigenvalue weighted by atomic mass is 10.5. The summed E-state index contributed by atoms with van der Waals surface area (Å²) < 4.78 is 9.80. The second-order valence-electron chi connectivity index (χ2n) is 3.00. The van der Waals surface area contributed by atoms with Crippen molar-refractivity contribution >= 4 is 11.9 Å². The zero-order valence-electron chi connectivity index (χ0n) is 9.40. The molecule has 6 heteroatoms. The molecule has 0 unspecified atom stereocenters. The third-order valence-corrected chi connectivity index (χ3v) is 1.70. The van der Waals surface area contributed by atoms with Crippen molar-refractivity contribution in [2.24, 2.45) is 0 Å². The Labute approximate surface area is 94.0 Å². The summed E-state index contributed by atoms with van der Waals surface area (Å²) in [6, 6.07) is 1.67. The molecular weight excluding hydrogens is 210 g/mol. The fourth-order valence-corrected chi connectivity index (χ4v) is 0.938. The molecule has 0 saturated heterocycles. The van der Waals surface area contributed by atoms with Gasteiger partial charge in [0.05, 0.1) is 13.7 Å². The van der Waals surface area contributed by atoms with Crippen LogP contribution in [-0.4, -0.2) is 36.2 Å². The van der Waals surface area contributed by atoms with Gasteiger partial charge in [-0.15, -0.1) is 0 Å². The summed E-state index contributed by atoms with van der Waals surface area (Å²) in [6.45, 7) is 2.65. The number of aromatic nitrogens is 2. The van der Waals surface area contributed by atoms with Crippen molar-refractivity contribution in [1.29, 1.82) is 0 Å². The summed E-state index contributed by atoms with van der Waals surface area (Å²) in [5.41, 5.74) is 0. The largest absolute Gasteiger partial charge is 0.478 e. The van der Waals surface area contributed by atoms with Gasteiger partial charge in [0.15, 0.2) is 0 Å². The first-order chi connectivity index (χ1) is 7.76. The molecule has 0 amide bonds. The zero-order valence-corrected chi connectivity index (χ0v) is 9.40. The van der Waals surface area contributed by atoms with Crippen molar-refractivity contribution < 1.29 is 14.3 Å². The maximum Gasteiger partial charge on any atom is 0.325 e. The zero-order chi connectivity index (χ0) is 11.8. The standard InChI is InChI=1S/C10H15N3O3/c1-3-6-16-8-4-5-11-10(13-8)12-7-9(14)15-2/h4-5H,3,6-7H2,1-2H3,(H,11,12,13). The maximum absolute atomic E-state index is 10.9. The SMILES string of the molecule is CCCOc1ccnc(NCC(=O)OC)n1. The van der Waals surface area contributed by atoms with E-state index >= 15 is 0 Å². The molecular formula is C10H15N3O3. The van der Waals surface area contributed by atoms with Crippen molar-refractivity contribution in [2.45, 2.75) is 13.3 Å². The van der Waals surface area contributed by atoms with Crippen molar-refractivity contribution in [1.82, 2.24) is 9.97 Å². The van der Waals surface area contributed by atoms with Crippen LogP contribution in [0.3, 0.4) is 0 Å². The van der Waals surface area contributed by atoms with E-state index in [0.29, 0.717) is 18.4 Å². The van der Waals surface area contributed by atoms with E-state index < -0.39 is 0 Å². The quantitative estimate of drug-likeness (QED) is 0.723. The molecule has 0 aliphatic carbocycles. The average Bonchev–Trinajstić information content (AvgIpc) is 2.34. The smallest absolute Gasteiger partial charge is 0.325 e. The van der Waals surface area contributed by atoms with E-state index in [4.69, 9.17) is 4.74 Å². The Hall–Kier alpha value is -1.85. The summed E-state index contributed by atoms with van der Waals surface area (Å²) in [4.78, 5) is 18.9. The number of hydrogen-bond donors (Lipinski definition) is 1. The van der Waals surface area contributed by atoms with Crippen LogP contribution in [0, 0.1) is 0 Å². The lowest BCUT2D eigenvalue weighted by Crippen LogP contribution is -2.16. The number of carbonyl (C=O) groups excluding carboxylic acids is 1. The minimum Gasteiger partial charge on any atom is -0.478 e. The molecule has 1 N–H and O–H groups in total. The molecule has 0 spiro atoms. The topological polar surface area (TPSA) is 73.3 Å². The molecule has 0 bridgehead atoms. The van der Waals surface area contributed by atoms with Gasteiger partial charge in [-0.05, 0) is 6.42 Å². The van der Waals surface area contributed by atoms with Crippen molar-refractivity contribution in [3.63, 3.8) is 0 Å². The number of esters is 1. The van der Waals surface area contributed by atoms with Gasteiger partial charge < -0.3 is 14.8 Å². The molecule has 0 fully saturated rings. The first-order valence-electron chi connectivity index (χ1n) is 5.02.